The predicted octanol–water partition coefficient (Wildman–Crippen LogP) is 4.40. The highest BCUT2D eigenvalue weighted by Crippen LogP contribution is 2.26. The van der Waals surface area contributed by atoms with Crippen LogP contribution in [0.4, 0.5) is 14.9 Å². The van der Waals surface area contributed by atoms with Crippen LogP contribution in [0.25, 0.3) is 0 Å². The molecule has 1 aliphatic rings. The molecule has 0 atom stereocenters. The number of urea groups is 1. The second-order valence-electron chi connectivity index (χ2n) is 7.45. The van der Waals surface area contributed by atoms with Crippen LogP contribution in [0.5, 0.6) is 0 Å². The summed E-state index contributed by atoms with van der Waals surface area (Å²) in [6.45, 7) is 3.24. The number of hydrogen-bond donors (Lipinski definition) is 2. The van der Waals surface area contributed by atoms with E-state index >= 15 is 0 Å². The maximum Gasteiger partial charge on any atom is 0.319 e. The molecule has 6 nitrogen and oxygen atoms in total. The standard InChI is InChI=1S/C21H25ClFN3O3S/c1-15-2-7-20(19(22)14-15)25-21(27)24-11-8-16-9-12-26(13-10-16)30(28,29)18-5-3-17(23)4-6-18/h2-7,14,16H,8-13H2,1H3,(H2,24,25,27). The molecule has 30 heavy (non-hydrogen) atoms. The highest BCUT2D eigenvalue weighted by molar-refractivity contribution is 7.89. The number of carbonyl (C=O) groups excluding carboxylic acids is 1. The molecule has 0 spiro atoms. The highest BCUT2D eigenvalue weighted by Gasteiger charge is 2.29. The van der Waals surface area contributed by atoms with Gasteiger partial charge in [-0.3, -0.25) is 0 Å². The van der Waals surface area contributed by atoms with Gasteiger partial charge in [-0.15, -0.1) is 0 Å². The number of rotatable bonds is 6. The normalized spacial score (nSPS) is 15.7. The average molecular weight is 454 g/mol. The topological polar surface area (TPSA) is 78.5 Å². The Morgan fingerprint density at radius 1 is 1.17 bits per heavy atom. The molecule has 0 bridgehead atoms. The third kappa shape index (κ3) is 5.71. The number of nitrogens with zero attached hydrogens (tertiary/aromatic N) is 1. The molecule has 1 heterocycles. The molecule has 1 saturated heterocycles. The first kappa shape index (κ1) is 22.5. The van der Waals surface area contributed by atoms with Crippen molar-refractivity contribution in [3.8, 4) is 0 Å². The van der Waals surface area contributed by atoms with E-state index in [1.54, 1.807) is 12.1 Å². The fourth-order valence-corrected chi connectivity index (χ4v) is 5.22. The summed E-state index contributed by atoms with van der Waals surface area (Å²) in [5.41, 5.74) is 1.57. The third-order valence-corrected chi connectivity index (χ3v) is 7.46. The van der Waals surface area contributed by atoms with Gasteiger partial charge in [0, 0.05) is 19.6 Å². The van der Waals surface area contributed by atoms with Crippen LogP contribution < -0.4 is 10.6 Å². The number of hydrogen-bond acceptors (Lipinski definition) is 3. The van der Waals surface area contributed by atoms with Crippen molar-refractivity contribution in [2.75, 3.05) is 25.0 Å². The van der Waals surface area contributed by atoms with Crippen LogP contribution >= 0.6 is 11.6 Å². The van der Waals surface area contributed by atoms with Crippen LogP contribution in [-0.2, 0) is 10.0 Å². The van der Waals surface area contributed by atoms with Crippen molar-refractivity contribution in [1.29, 1.82) is 0 Å². The lowest BCUT2D eigenvalue weighted by atomic mass is 9.95. The summed E-state index contributed by atoms with van der Waals surface area (Å²) in [5.74, 6) is -0.137. The SMILES string of the molecule is Cc1ccc(NC(=O)NCCC2CCN(S(=O)(=O)c3ccc(F)cc3)CC2)c(Cl)c1. The first-order valence-electron chi connectivity index (χ1n) is 9.82. The van der Waals surface area contributed by atoms with Crippen LogP contribution in [0.3, 0.4) is 0 Å². The van der Waals surface area contributed by atoms with Gasteiger partial charge in [-0.25, -0.2) is 17.6 Å². The van der Waals surface area contributed by atoms with Gasteiger partial charge in [0.1, 0.15) is 5.82 Å². The molecule has 0 saturated carbocycles. The Morgan fingerprint density at radius 2 is 1.83 bits per heavy atom. The zero-order valence-corrected chi connectivity index (χ0v) is 18.3. The molecule has 9 heteroatoms. The van der Waals surface area contributed by atoms with Crippen molar-refractivity contribution in [2.24, 2.45) is 5.92 Å². The lowest BCUT2D eigenvalue weighted by molar-refractivity contribution is 0.245. The fraction of sp³-hybridized carbons (Fsp3) is 0.381. The van der Waals surface area contributed by atoms with Crippen molar-refractivity contribution in [3.63, 3.8) is 0 Å². The predicted molar refractivity (Wildman–Crippen MR) is 116 cm³/mol. The Hall–Kier alpha value is -2.16. The van der Waals surface area contributed by atoms with E-state index in [0.29, 0.717) is 49.1 Å². The lowest BCUT2D eigenvalue weighted by Gasteiger charge is -2.31. The van der Waals surface area contributed by atoms with Gasteiger partial charge in [0.15, 0.2) is 0 Å². The first-order valence-corrected chi connectivity index (χ1v) is 11.6. The second kappa shape index (κ2) is 9.76. The van der Waals surface area contributed by atoms with E-state index in [4.69, 9.17) is 11.6 Å². The Labute approximate surface area is 181 Å². The van der Waals surface area contributed by atoms with Crippen molar-refractivity contribution in [1.82, 2.24) is 9.62 Å². The van der Waals surface area contributed by atoms with Crippen molar-refractivity contribution < 1.29 is 17.6 Å². The number of sulfonamides is 1. The van der Waals surface area contributed by atoms with E-state index in [0.717, 1.165) is 24.1 Å². The Bertz CT molecular complexity index is 991. The third-order valence-electron chi connectivity index (χ3n) is 5.24. The Balaban J connectivity index is 1.42. The van der Waals surface area contributed by atoms with Crippen LogP contribution in [0.15, 0.2) is 47.4 Å². The van der Waals surface area contributed by atoms with Crippen LogP contribution in [-0.4, -0.2) is 38.4 Å². The minimum Gasteiger partial charge on any atom is -0.338 e. The molecule has 0 aliphatic carbocycles. The summed E-state index contributed by atoms with van der Waals surface area (Å²) in [4.78, 5) is 12.2. The molecule has 3 rings (SSSR count). The largest absolute Gasteiger partial charge is 0.338 e. The summed E-state index contributed by atoms with van der Waals surface area (Å²) in [6, 6.07) is 9.98. The van der Waals surface area contributed by atoms with Gasteiger partial charge in [-0.1, -0.05) is 17.7 Å². The maximum absolute atomic E-state index is 13.1. The van der Waals surface area contributed by atoms with Crippen molar-refractivity contribution in [3.05, 3.63) is 58.9 Å². The number of halogens is 2. The highest BCUT2D eigenvalue weighted by atomic mass is 35.5. The van der Waals surface area contributed by atoms with Gasteiger partial charge in [0.05, 0.1) is 15.6 Å². The molecule has 0 aromatic heterocycles. The number of benzene rings is 2. The van der Waals surface area contributed by atoms with Gasteiger partial charge < -0.3 is 10.6 Å². The number of carbonyl (C=O) groups is 1. The minimum absolute atomic E-state index is 0.107. The molecule has 0 unspecified atom stereocenters. The van der Waals surface area contributed by atoms with E-state index in [9.17, 15) is 17.6 Å². The maximum atomic E-state index is 13.1. The van der Waals surface area contributed by atoms with Gasteiger partial charge in [-0.05, 0) is 74.1 Å². The summed E-state index contributed by atoms with van der Waals surface area (Å²) < 4.78 is 39.8. The van der Waals surface area contributed by atoms with E-state index in [2.05, 4.69) is 10.6 Å². The van der Waals surface area contributed by atoms with Gasteiger partial charge in [-0.2, -0.15) is 4.31 Å². The number of nitrogens with one attached hydrogen (secondary N) is 2. The number of amides is 2. The molecule has 2 N–H and O–H groups in total. The van der Waals surface area contributed by atoms with Crippen LogP contribution in [0, 0.1) is 18.7 Å². The second-order valence-corrected chi connectivity index (χ2v) is 9.80. The molecule has 162 valence electrons. The van der Waals surface area contributed by atoms with Gasteiger partial charge in [0.25, 0.3) is 0 Å². The molecule has 0 radical (unpaired) electrons. The summed E-state index contributed by atoms with van der Waals surface area (Å²) >= 11 is 6.12. The van der Waals surface area contributed by atoms with E-state index in [1.165, 1.54) is 16.4 Å². The quantitative estimate of drug-likeness (QED) is 0.680. The van der Waals surface area contributed by atoms with Crippen molar-refractivity contribution in [2.45, 2.75) is 31.1 Å². The zero-order valence-electron chi connectivity index (χ0n) is 16.7. The number of aryl methyl sites for hydroxylation is 1. The van der Waals surface area contributed by atoms with E-state index in [1.807, 2.05) is 13.0 Å². The zero-order chi connectivity index (χ0) is 21.7. The number of anilines is 1. The molecule has 1 aliphatic heterocycles. The summed E-state index contributed by atoms with van der Waals surface area (Å²) in [6.07, 6.45) is 2.19. The molecule has 2 amide bonds. The smallest absolute Gasteiger partial charge is 0.319 e. The minimum atomic E-state index is -3.60. The van der Waals surface area contributed by atoms with Crippen LogP contribution in [0.1, 0.15) is 24.8 Å². The molecule has 2 aromatic rings. The molecule has 2 aromatic carbocycles. The fourth-order valence-electron chi connectivity index (χ4n) is 3.47. The van der Waals surface area contributed by atoms with Gasteiger partial charge in [0.2, 0.25) is 10.0 Å². The van der Waals surface area contributed by atoms with E-state index < -0.39 is 15.8 Å². The van der Waals surface area contributed by atoms with Gasteiger partial charge >= 0.3 is 6.03 Å². The van der Waals surface area contributed by atoms with Crippen LogP contribution in [0.2, 0.25) is 5.02 Å². The lowest BCUT2D eigenvalue weighted by Crippen LogP contribution is -2.39. The number of piperidine rings is 1. The molecular weight excluding hydrogens is 429 g/mol. The average Bonchev–Trinajstić information content (AvgIpc) is 2.71. The summed E-state index contributed by atoms with van der Waals surface area (Å²) in [5, 5.41) is 6.03. The molecular formula is C21H25ClFN3O3S. The van der Waals surface area contributed by atoms with E-state index in [-0.39, 0.29) is 10.9 Å². The first-order chi connectivity index (χ1) is 14.3. The monoisotopic (exact) mass is 453 g/mol. The molecule has 1 fully saturated rings. The Morgan fingerprint density at radius 3 is 2.47 bits per heavy atom. The summed E-state index contributed by atoms with van der Waals surface area (Å²) in [7, 11) is -3.60. The van der Waals surface area contributed by atoms with Crippen molar-refractivity contribution >= 4 is 33.3 Å². The Kier molecular flexibility index (Phi) is 7.33.